The lowest BCUT2D eigenvalue weighted by Crippen LogP contribution is -2.51. The number of hydrogen-bond donors (Lipinski definition) is 1. The summed E-state index contributed by atoms with van der Waals surface area (Å²) in [7, 11) is 0. The van der Waals surface area contributed by atoms with E-state index in [2.05, 4.69) is 20.2 Å². The lowest BCUT2D eigenvalue weighted by atomic mass is 9.74. The highest BCUT2D eigenvalue weighted by Crippen LogP contribution is 2.37. The van der Waals surface area contributed by atoms with Gasteiger partial charge in [0.25, 0.3) is 0 Å². The Hall–Kier alpha value is -1.16. The second-order valence-electron chi connectivity index (χ2n) is 5.77. The largest absolute Gasteiger partial charge is 0.356 e. The predicted octanol–water partition coefficient (Wildman–Crippen LogP) is 1.76. The Morgan fingerprint density at radius 1 is 1.33 bits per heavy atom. The van der Waals surface area contributed by atoms with Crippen molar-refractivity contribution in [3.05, 3.63) is 18.1 Å². The van der Waals surface area contributed by atoms with E-state index in [-0.39, 0.29) is 0 Å². The number of nitrogens with one attached hydrogen (secondary N) is 1. The average molecular weight is 246 g/mol. The molecule has 18 heavy (non-hydrogen) atoms. The van der Waals surface area contributed by atoms with Gasteiger partial charge in [-0.3, -0.25) is 0 Å². The molecule has 0 amide bonds. The summed E-state index contributed by atoms with van der Waals surface area (Å²) in [5, 5.41) is 3.57. The third-order valence-corrected chi connectivity index (χ3v) is 4.31. The molecule has 2 saturated heterocycles. The molecule has 98 valence electrons. The molecule has 1 N–H and O–H groups in total. The van der Waals surface area contributed by atoms with Gasteiger partial charge in [-0.1, -0.05) is 0 Å². The quantitative estimate of drug-likeness (QED) is 0.819. The topological polar surface area (TPSA) is 41.1 Å². The lowest BCUT2D eigenvalue weighted by molar-refractivity contribution is 0.173. The van der Waals surface area contributed by atoms with Crippen LogP contribution in [0, 0.1) is 12.3 Å². The fourth-order valence-corrected chi connectivity index (χ4v) is 3.40. The number of piperidine rings is 2. The van der Waals surface area contributed by atoms with Crippen molar-refractivity contribution < 1.29 is 0 Å². The zero-order valence-corrected chi connectivity index (χ0v) is 11.2. The highest BCUT2D eigenvalue weighted by Gasteiger charge is 2.36. The van der Waals surface area contributed by atoms with Gasteiger partial charge in [0.15, 0.2) is 0 Å². The van der Waals surface area contributed by atoms with Gasteiger partial charge in [0, 0.05) is 31.2 Å². The Morgan fingerprint density at radius 3 is 3.00 bits per heavy atom. The van der Waals surface area contributed by atoms with E-state index in [1.807, 2.05) is 19.2 Å². The predicted molar refractivity (Wildman–Crippen MR) is 72.8 cm³/mol. The Labute approximate surface area is 109 Å². The first-order valence-electron chi connectivity index (χ1n) is 7.03. The molecule has 4 nitrogen and oxygen atoms in total. The molecule has 3 rings (SSSR count). The first-order chi connectivity index (χ1) is 8.77. The van der Waals surface area contributed by atoms with Crippen molar-refractivity contribution in [1.29, 1.82) is 0 Å². The Kier molecular flexibility index (Phi) is 3.20. The fraction of sp³-hybridized carbons (Fsp3) is 0.714. The van der Waals surface area contributed by atoms with E-state index in [1.54, 1.807) is 0 Å². The van der Waals surface area contributed by atoms with Crippen LogP contribution < -0.4 is 10.2 Å². The summed E-state index contributed by atoms with van der Waals surface area (Å²) < 4.78 is 0. The third kappa shape index (κ3) is 2.34. The zero-order valence-electron chi connectivity index (χ0n) is 11.2. The van der Waals surface area contributed by atoms with Gasteiger partial charge in [-0.15, -0.1) is 0 Å². The Balaban J connectivity index is 1.77. The number of aryl methyl sites for hydroxylation is 1. The van der Waals surface area contributed by atoms with Crippen molar-refractivity contribution in [2.75, 3.05) is 31.1 Å². The maximum Gasteiger partial charge on any atom is 0.132 e. The minimum Gasteiger partial charge on any atom is -0.356 e. The third-order valence-electron chi connectivity index (χ3n) is 4.31. The minimum atomic E-state index is 0.482. The summed E-state index contributed by atoms with van der Waals surface area (Å²) in [4.78, 5) is 11.2. The molecular weight excluding hydrogens is 224 g/mol. The molecule has 1 spiro atoms. The van der Waals surface area contributed by atoms with Crippen LogP contribution in [0.3, 0.4) is 0 Å². The smallest absolute Gasteiger partial charge is 0.132 e. The molecular formula is C14H22N4. The molecule has 0 radical (unpaired) electrons. The van der Waals surface area contributed by atoms with Crippen molar-refractivity contribution in [2.24, 2.45) is 5.41 Å². The van der Waals surface area contributed by atoms with E-state index in [0.717, 1.165) is 24.7 Å². The normalized spacial score (nSPS) is 28.6. The molecule has 2 aliphatic heterocycles. The Morgan fingerprint density at radius 2 is 2.22 bits per heavy atom. The molecule has 1 aromatic rings. The second kappa shape index (κ2) is 4.84. The molecule has 3 heterocycles. The molecule has 0 bridgehead atoms. The molecule has 4 heteroatoms. The van der Waals surface area contributed by atoms with Gasteiger partial charge in [-0.2, -0.15) is 0 Å². The van der Waals surface area contributed by atoms with Crippen LogP contribution in [0.4, 0.5) is 5.82 Å². The van der Waals surface area contributed by atoms with Crippen LogP contribution in [0.5, 0.6) is 0 Å². The maximum atomic E-state index is 4.57. The van der Waals surface area contributed by atoms with E-state index < -0.39 is 0 Å². The Bertz CT molecular complexity index is 407. The van der Waals surface area contributed by atoms with Gasteiger partial charge in [0.2, 0.25) is 0 Å². The monoisotopic (exact) mass is 246 g/mol. The van der Waals surface area contributed by atoms with Crippen molar-refractivity contribution >= 4 is 5.82 Å². The van der Waals surface area contributed by atoms with Gasteiger partial charge in [-0.05, 0) is 45.2 Å². The molecule has 2 fully saturated rings. The van der Waals surface area contributed by atoms with E-state index in [0.29, 0.717) is 5.41 Å². The van der Waals surface area contributed by atoms with Crippen molar-refractivity contribution in [1.82, 2.24) is 15.3 Å². The highest BCUT2D eigenvalue weighted by molar-refractivity contribution is 5.38. The molecule has 0 saturated carbocycles. The van der Waals surface area contributed by atoms with Crippen LogP contribution in [0.25, 0.3) is 0 Å². The number of aromatic nitrogens is 2. The maximum absolute atomic E-state index is 4.57. The first-order valence-corrected chi connectivity index (χ1v) is 7.03. The average Bonchev–Trinajstić information content (AvgIpc) is 2.40. The van der Waals surface area contributed by atoms with Crippen LogP contribution in [-0.2, 0) is 0 Å². The number of nitrogens with zero attached hydrogens (tertiary/aromatic N) is 3. The first kappa shape index (κ1) is 11.9. The van der Waals surface area contributed by atoms with Gasteiger partial charge in [-0.25, -0.2) is 9.97 Å². The summed E-state index contributed by atoms with van der Waals surface area (Å²) in [6.07, 6.45) is 7.20. The van der Waals surface area contributed by atoms with Crippen molar-refractivity contribution in [3.63, 3.8) is 0 Å². The van der Waals surface area contributed by atoms with E-state index in [9.17, 15) is 0 Å². The summed E-state index contributed by atoms with van der Waals surface area (Å²) in [6, 6.07) is 2.04. The van der Waals surface area contributed by atoms with Gasteiger partial charge < -0.3 is 10.2 Å². The molecule has 0 aliphatic carbocycles. The van der Waals surface area contributed by atoms with Gasteiger partial charge in [0.05, 0.1) is 0 Å². The molecule has 1 unspecified atom stereocenters. The summed E-state index contributed by atoms with van der Waals surface area (Å²) >= 11 is 0. The number of hydrogen-bond acceptors (Lipinski definition) is 4. The second-order valence-corrected chi connectivity index (χ2v) is 5.77. The molecule has 2 aliphatic rings. The standard InChI is InChI=1S/C14H22N4/c1-12-16-8-4-13(17-12)18-9-3-6-14(11-18)5-2-7-15-10-14/h4,8,15H,2-3,5-7,9-11H2,1H3. The van der Waals surface area contributed by atoms with Crippen LogP contribution in [0.2, 0.25) is 0 Å². The van der Waals surface area contributed by atoms with Crippen LogP contribution in [-0.4, -0.2) is 36.1 Å². The van der Waals surface area contributed by atoms with E-state index >= 15 is 0 Å². The molecule has 0 aromatic carbocycles. The molecule has 1 aromatic heterocycles. The minimum absolute atomic E-state index is 0.482. The van der Waals surface area contributed by atoms with Crippen molar-refractivity contribution in [3.8, 4) is 0 Å². The summed E-state index contributed by atoms with van der Waals surface area (Å²) in [5.74, 6) is 1.97. The SMILES string of the molecule is Cc1nccc(N2CCCC3(CCCNC3)C2)n1. The highest BCUT2D eigenvalue weighted by atomic mass is 15.2. The van der Waals surface area contributed by atoms with Crippen molar-refractivity contribution in [2.45, 2.75) is 32.6 Å². The van der Waals surface area contributed by atoms with E-state index in [1.165, 1.54) is 38.8 Å². The summed E-state index contributed by atoms with van der Waals surface area (Å²) in [5.41, 5.74) is 0.482. The molecule has 1 atom stereocenters. The van der Waals surface area contributed by atoms with Crippen LogP contribution >= 0.6 is 0 Å². The lowest BCUT2D eigenvalue weighted by Gasteiger charge is -2.45. The zero-order chi connectivity index (χ0) is 12.4. The van der Waals surface area contributed by atoms with Crippen LogP contribution in [0.15, 0.2) is 12.3 Å². The number of rotatable bonds is 1. The summed E-state index contributed by atoms with van der Waals surface area (Å²) in [6.45, 7) is 6.61. The van der Waals surface area contributed by atoms with E-state index in [4.69, 9.17) is 0 Å². The van der Waals surface area contributed by atoms with Gasteiger partial charge in [0.1, 0.15) is 11.6 Å². The van der Waals surface area contributed by atoms with Crippen LogP contribution in [0.1, 0.15) is 31.5 Å². The number of anilines is 1. The van der Waals surface area contributed by atoms with Gasteiger partial charge >= 0.3 is 0 Å². The fourth-order valence-electron chi connectivity index (χ4n) is 3.40.